The summed E-state index contributed by atoms with van der Waals surface area (Å²) < 4.78 is 11.4. The van der Waals surface area contributed by atoms with Crippen molar-refractivity contribution in [1.82, 2.24) is 0 Å². The van der Waals surface area contributed by atoms with E-state index in [1.165, 1.54) is 6.42 Å². The average molecular weight is 424 g/mol. The number of nitrogens with one attached hydrogen (secondary N) is 1. The van der Waals surface area contributed by atoms with Crippen LogP contribution in [-0.2, 0) is 16.1 Å². The molecule has 0 atom stereocenters. The molecule has 2 aromatic carbocycles. The van der Waals surface area contributed by atoms with Crippen molar-refractivity contribution in [3.8, 4) is 5.75 Å². The molecule has 0 heterocycles. The largest absolute Gasteiger partial charge is 0.493 e. The fourth-order valence-electron chi connectivity index (χ4n) is 3.70. The zero-order valence-corrected chi connectivity index (χ0v) is 18.6. The number of carbonyl (C=O) groups excluding carboxylic acids is 2. The lowest BCUT2D eigenvalue weighted by atomic mass is 9.88. The highest BCUT2D eigenvalue weighted by atomic mass is 16.5. The molecule has 166 valence electrons. The number of rotatable bonds is 9. The molecule has 0 aromatic heterocycles. The van der Waals surface area contributed by atoms with Crippen LogP contribution in [-0.4, -0.2) is 18.5 Å². The quantitative estimate of drug-likeness (QED) is 0.503. The van der Waals surface area contributed by atoms with Gasteiger partial charge >= 0.3 is 5.97 Å². The summed E-state index contributed by atoms with van der Waals surface area (Å²) in [6, 6.07) is 14.7. The first-order chi connectivity index (χ1) is 15.0. The van der Waals surface area contributed by atoms with Crippen LogP contribution in [0.15, 0.2) is 48.5 Å². The summed E-state index contributed by atoms with van der Waals surface area (Å²) in [7, 11) is 0. The van der Waals surface area contributed by atoms with Crippen LogP contribution in [0.4, 0.5) is 5.69 Å². The molecule has 0 saturated heterocycles. The van der Waals surface area contributed by atoms with Crippen molar-refractivity contribution < 1.29 is 19.1 Å². The molecule has 1 aliphatic rings. The third-order valence-electron chi connectivity index (χ3n) is 5.56. The average Bonchev–Trinajstić information content (AvgIpc) is 2.78. The number of carbonyl (C=O) groups is 2. The van der Waals surface area contributed by atoms with Gasteiger partial charge in [0.15, 0.2) is 0 Å². The van der Waals surface area contributed by atoms with Crippen LogP contribution < -0.4 is 10.1 Å². The molecule has 5 nitrogen and oxygen atoms in total. The van der Waals surface area contributed by atoms with E-state index in [0.717, 1.165) is 37.7 Å². The second kappa shape index (κ2) is 11.5. The van der Waals surface area contributed by atoms with Gasteiger partial charge < -0.3 is 14.8 Å². The number of anilines is 1. The Labute approximate surface area is 185 Å². The Balaban J connectivity index is 1.71. The van der Waals surface area contributed by atoms with E-state index in [1.807, 2.05) is 30.3 Å². The zero-order chi connectivity index (χ0) is 22.1. The van der Waals surface area contributed by atoms with Gasteiger partial charge in [0, 0.05) is 17.7 Å². The zero-order valence-electron chi connectivity index (χ0n) is 18.6. The highest BCUT2D eigenvalue weighted by Crippen LogP contribution is 2.27. The summed E-state index contributed by atoms with van der Waals surface area (Å²) in [5.41, 5.74) is 1.87. The van der Waals surface area contributed by atoms with Gasteiger partial charge in [-0.05, 0) is 42.9 Å². The van der Waals surface area contributed by atoms with Gasteiger partial charge in [-0.1, -0.05) is 63.4 Å². The van der Waals surface area contributed by atoms with E-state index in [1.54, 1.807) is 18.2 Å². The smallest absolute Gasteiger partial charge is 0.338 e. The Bertz CT molecular complexity index is 857. The summed E-state index contributed by atoms with van der Waals surface area (Å²) in [6.45, 7) is 5.02. The van der Waals surface area contributed by atoms with Gasteiger partial charge in [0.25, 0.3) is 0 Å². The minimum absolute atomic E-state index is 0.0163. The Morgan fingerprint density at radius 1 is 1.03 bits per heavy atom. The highest BCUT2D eigenvalue weighted by molar-refractivity contribution is 5.96. The minimum Gasteiger partial charge on any atom is -0.493 e. The number of esters is 1. The van der Waals surface area contributed by atoms with Crippen molar-refractivity contribution in [3.63, 3.8) is 0 Å². The summed E-state index contributed by atoms with van der Waals surface area (Å²) in [5, 5.41) is 2.99. The normalized spacial score (nSPS) is 14.3. The molecular weight excluding hydrogens is 390 g/mol. The van der Waals surface area contributed by atoms with Gasteiger partial charge in [0.05, 0.1) is 12.2 Å². The van der Waals surface area contributed by atoms with E-state index >= 15 is 0 Å². The molecule has 1 aliphatic carbocycles. The SMILES string of the molecule is CC(C)CCOc1cc(NC(=O)C2CCCCC2)cc(C(=O)OCc2ccccc2)c1. The molecule has 0 radical (unpaired) electrons. The first kappa shape index (κ1) is 22.9. The van der Waals surface area contributed by atoms with Crippen LogP contribution in [0.1, 0.15) is 68.3 Å². The Hall–Kier alpha value is -2.82. The number of hydrogen-bond acceptors (Lipinski definition) is 4. The lowest BCUT2D eigenvalue weighted by molar-refractivity contribution is -0.120. The summed E-state index contributed by atoms with van der Waals surface area (Å²) >= 11 is 0. The molecule has 0 unspecified atom stereocenters. The predicted octanol–water partition coefficient (Wildman–Crippen LogP) is 5.99. The van der Waals surface area contributed by atoms with E-state index < -0.39 is 5.97 Å². The second-order valence-corrected chi connectivity index (χ2v) is 8.66. The maximum absolute atomic E-state index is 12.7. The van der Waals surface area contributed by atoms with Gasteiger partial charge in [-0.25, -0.2) is 4.79 Å². The Morgan fingerprint density at radius 2 is 1.77 bits per heavy atom. The molecule has 1 saturated carbocycles. The maximum atomic E-state index is 12.7. The summed E-state index contributed by atoms with van der Waals surface area (Å²) in [5.74, 6) is 0.694. The van der Waals surface area contributed by atoms with Crippen LogP contribution >= 0.6 is 0 Å². The van der Waals surface area contributed by atoms with Crippen LogP contribution in [0.3, 0.4) is 0 Å². The van der Waals surface area contributed by atoms with Gasteiger partial charge in [-0.3, -0.25) is 4.79 Å². The third-order valence-corrected chi connectivity index (χ3v) is 5.56. The molecule has 1 amide bonds. The highest BCUT2D eigenvalue weighted by Gasteiger charge is 2.22. The second-order valence-electron chi connectivity index (χ2n) is 8.66. The minimum atomic E-state index is -0.439. The van der Waals surface area contributed by atoms with Gasteiger partial charge in [-0.2, -0.15) is 0 Å². The molecule has 0 aliphatic heterocycles. The van der Waals surface area contributed by atoms with Crippen molar-refractivity contribution in [2.45, 2.75) is 59.0 Å². The van der Waals surface area contributed by atoms with E-state index in [0.29, 0.717) is 29.5 Å². The lowest BCUT2D eigenvalue weighted by Crippen LogP contribution is -2.24. The summed E-state index contributed by atoms with van der Waals surface area (Å²) in [6.07, 6.45) is 6.12. The molecule has 2 aromatic rings. The van der Waals surface area contributed by atoms with Crippen LogP contribution in [0.25, 0.3) is 0 Å². The van der Waals surface area contributed by atoms with Crippen molar-refractivity contribution in [2.24, 2.45) is 11.8 Å². The van der Waals surface area contributed by atoms with Gasteiger partial charge in [0.1, 0.15) is 12.4 Å². The van der Waals surface area contributed by atoms with Gasteiger partial charge in [-0.15, -0.1) is 0 Å². The lowest BCUT2D eigenvalue weighted by Gasteiger charge is -2.21. The third kappa shape index (κ3) is 7.42. The van der Waals surface area contributed by atoms with E-state index in [4.69, 9.17) is 9.47 Å². The monoisotopic (exact) mass is 423 g/mol. The maximum Gasteiger partial charge on any atom is 0.338 e. The molecule has 0 bridgehead atoms. The molecule has 1 fully saturated rings. The Morgan fingerprint density at radius 3 is 2.48 bits per heavy atom. The van der Waals surface area contributed by atoms with Crippen LogP contribution in [0, 0.1) is 11.8 Å². The van der Waals surface area contributed by atoms with Gasteiger partial charge in [0.2, 0.25) is 5.91 Å². The van der Waals surface area contributed by atoms with E-state index in [-0.39, 0.29) is 18.4 Å². The summed E-state index contributed by atoms with van der Waals surface area (Å²) in [4.78, 5) is 25.4. The first-order valence-corrected chi connectivity index (χ1v) is 11.3. The number of benzene rings is 2. The molecule has 0 spiro atoms. The fourth-order valence-corrected chi connectivity index (χ4v) is 3.70. The number of amides is 1. The first-order valence-electron chi connectivity index (χ1n) is 11.3. The van der Waals surface area contributed by atoms with E-state index in [2.05, 4.69) is 19.2 Å². The molecular formula is C26H33NO4. The fraction of sp³-hybridized carbons (Fsp3) is 0.462. The molecule has 5 heteroatoms. The van der Waals surface area contributed by atoms with Crippen LogP contribution in [0.2, 0.25) is 0 Å². The standard InChI is InChI=1S/C26H33NO4/c1-19(2)13-14-30-24-16-22(26(29)31-18-20-9-5-3-6-10-20)15-23(17-24)27-25(28)21-11-7-4-8-12-21/h3,5-6,9-10,15-17,19,21H,4,7-8,11-14,18H2,1-2H3,(H,27,28). The Kier molecular flexibility index (Phi) is 8.51. The molecule has 3 rings (SSSR count). The van der Waals surface area contributed by atoms with Crippen molar-refractivity contribution in [3.05, 3.63) is 59.7 Å². The number of hydrogen-bond donors (Lipinski definition) is 1. The van der Waals surface area contributed by atoms with E-state index in [9.17, 15) is 9.59 Å². The van der Waals surface area contributed by atoms with Crippen LogP contribution in [0.5, 0.6) is 5.75 Å². The molecule has 1 N–H and O–H groups in total. The van der Waals surface area contributed by atoms with Crippen molar-refractivity contribution >= 4 is 17.6 Å². The molecule has 31 heavy (non-hydrogen) atoms. The number of ether oxygens (including phenoxy) is 2. The van der Waals surface area contributed by atoms with Crippen molar-refractivity contribution in [1.29, 1.82) is 0 Å². The van der Waals surface area contributed by atoms with Crippen molar-refractivity contribution in [2.75, 3.05) is 11.9 Å². The predicted molar refractivity (Wildman–Crippen MR) is 122 cm³/mol. The topological polar surface area (TPSA) is 64.6 Å².